The Labute approximate surface area is 110 Å². The predicted molar refractivity (Wildman–Crippen MR) is 67.1 cm³/mol. The topological polar surface area (TPSA) is 46.6 Å². The average Bonchev–Trinajstić information content (AvgIpc) is 2.72. The number of carbonyl (C=O) groups is 2. The van der Waals surface area contributed by atoms with E-state index in [1.54, 1.807) is 0 Å². The standard InChI is InChI=1S/C13H12ClNO3/c14-7-6-12(16)15-11(9-18-13(15)17)8-10-4-2-1-3-5-10/h1-7,11H,8-9H2/b7-6+/t11-/m0/s1. The van der Waals surface area contributed by atoms with Crippen LogP contribution in [-0.4, -0.2) is 29.5 Å². The van der Waals surface area contributed by atoms with Crippen molar-refractivity contribution in [3.8, 4) is 0 Å². The molecule has 94 valence electrons. The molecular weight excluding hydrogens is 254 g/mol. The number of rotatable bonds is 3. The summed E-state index contributed by atoms with van der Waals surface area (Å²) in [6, 6.07) is 9.36. The number of carbonyl (C=O) groups excluding carboxylic acids is 2. The van der Waals surface area contributed by atoms with Crippen molar-refractivity contribution in [3.05, 3.63) is 47.5 Å². The molecule has 0 N–H and O–H groups in total. The molecule has 1 fully saturated rings. The van der Waals surface area contributed by atoms with Crippen molar-refractivity contribution < 1.29 is 14.3 Å². The van der Waals surface area contributed by atoms with Gasteiger partial charge in [0.25, 0.3) is 5.91 Å². The van der Waals surface area contributed by atoms with Crippen LogP contribution in [0.5, 0.6) is 0 Å². The number of halogens is 1. The lowest BCUT2D eigenvalue weighted by Crippen LogP contribution is -2.39. The summed E-state index contributed by atoms with van der Waals surface area (Å²) in [5.41, 5.74) is 2.14. The van der Waals surface area contributed by atoms with E-state index in [1.165, 1.54) is 0 Å². The van der Waals surface area contributed by atoms with E-state index >= 15 is 0 Å². The number of cyclic esters (lactones) is 1. The van der Waals surface area contributed by atoms with Crippen molar-refractivity contribution >= 4 is 23.6 Å². The number of benzene rings is 1. The van der Waals surface area contributed by atoms with Crippen molar-refractivity contribution in [2.75, 3.05) is 6.61 Å². The molecule has 18 heavy (non-hydrogen) atoms. The Morgan fingerprint density at radius 1 is 1.44 bits per heavy atom. The monoisotopic (exact) mass is 265 g/mol. The Bertz CT molecular complexity index is 472. The van der Waals surface area contributed by atoms with Gasteiger partial charge in [-0.1, -0.05) is 41.9 Å². The van der Waals surface area contributed by atoms with Crippen molar-refractivity contribution in [1.29, 1.82) is 0 Å². The molecule has 0 saturated carbocycles. The van der Waals surface area contributed by atoms with Gasteiger partial charge in [0.15, 0.2) is 0 Å². The van der Waals surface area contributed by atoms with Crippen molar-refractivity contribution in [1.82, 2.24) is 4.90 Å². The first-order chi connectivity index (χ1) is 8.72. The normalized spacial score (nSPS) is 19.3. The third kappa shape index (κ3) is 2.71. The summed E-state index contributed by atoms with van der Waals surface area (Å²) in [6.45, 7) is 0.218. The van der Waals surface area contributed by atoms with Gasteiger partial charge in [-0.15, -0.1) is 0 Å². The lowest BCUT2D eigenvalue weighted by molar-refractivity contribution is -0.124. The Hall–Kier alpha value is -1.81. The van der Waals surface area contributed by atoms with E-state index in [9.17, 15) is 9.59 Å². The Balaban J connectivity index is 2.12. The third-order valence-corrected chi connectivity index (χ3v) is 2.84. The van der Waals surface area contributed by atoms with Gasteiger partial charge < -0.3 is 4.74 Å². The molecule has 0 bridgehead atoms. The van der Waals surface area contributed by atoms with E-state index in [-0.39, 0.29) is 12.6 Å². The molecule has 4 nitrogen and oxygen atoms in total. The van der Waals surface area contributed by atoms with E-state index < -0.39 is 12.0 Å². The zero-order valence-corrected chi connectivity index (χ0v) is 10.3. The maximum Gasteiger partial charge on any atom is 0.417 e. The number of hydrogen-bond donors (Lipinski definition) is 0. The fraction of sp³-hybridized carbons (Fsp3) is 0.231. The van der Waals surface area contributed by atoms with Gasteiger partial charge in [-0.3, -0.25) is 4.79 Å². The van der Waals surface area contributed by atoms with E-state index in [4.69, 9.17) is 16.3 Å². The van der Waals surface area contributed by atoms with Crippen LogP contribution >= 0.6 is 11.6 Å². The van der Waals surface area contributed by atoms with Gasteiger partial charge in [0.05, 0.1) is 6.04 Å². The number of amides is 2. The molecule has 1 aromatic rings. The minimum absolute atomic E-state index is 0.218. The highest BCUT2D eigenvalue weighted by Gasteiger charge is 2.36. The number of imide groups is 1. The van der Waals surface area contributed by atoms with Gasteiger partial charge in [0, 0.05) is 11.6 Å². The van der Waals surface area contributed by atoms with E-state index in [2.05, 4.69) is 0 Å². The first kappa shape index (κ1) is 12.6. The Kier molecular flexibility index (Phi) is 3.99. The zero-order chi connectivity index (χ0) is 13.0. The van der Waals surface area contributed by atoms with E-state index in [1.807, 2.05) is 30.3 Å². The fourth-order valence-electron chi connectivity index (χ4n) is 1.90. The maximum absolute atomic E-state index is 11.7. The van der Waals surface area contributed by atoms with Crippen LogP contribution in [0.25, 0.3) is 0 Å². The summed E-state index contributed by atoms with van der Waals surface area (Å²) in [4.78, 5) is 24.3. The smallest absolute Gasteiger partial charge is 0.417 e. The van der Waals surface area contributed by atoms with Gasteiger partial charge in [-0.2, -0.15) is 0 Å². The van der Waals surface area contributed by atoms with Crippen molar-refractivity contribution in [2.45, 2.75) is 12.5 Å². The highest BCUT2D eigenvalue weighted by atomic mass is 35.5. The van der Waals surface area contributed by atoms with Crippen LogP contribution in [0.4, 0.5) is 4.79 Å². The quantitative estimate of drug-likeness (QED) is 0.788. The molecule has 1 aromatic carbocycles. The van der Waals surface area contributed by atoms with Crippen molar-refractivity contribution in [2.24, 2.45) is 0 Å². The lowest BCUT2D eigenvalue weighted by Gasteiger charge is -2.17. The van der Waals surface area contributed by atoms with Gasteiger partial charge in [-0.05, 0) is 12.0 Å². The number of nitrogens with zero attached hydrogens (tertiary/aromatic N) is 1. The van der Waals surface area contributed by atoms with E-state index in [0.29, 0.717) is 6.42 Å². The highest BCUT2D eigenvalue weighted by Crippen LogP contribution is 2.17. The second kappa shape index (κ2) is 5.69. The van der Waals surface area contributed by atoms with Crippen LogP contribution in [0.2, 0.25) is 0 Å². The predicted octanol–water partition coefficient (Wildman–Crippen LogP) is 2.33. The van der Waals surface area contributed by atoms with Crippen LogP contribution in [0, 0.1) is 0 Å². The Morgan fingerprint density at radius 2 is 2.17 bits per heavy atom. The zero-order valence-electron chi connectivity index (χ0n) is 9.58. The number of ether oxygens (including phenoxy) is 1. The minimum Gasteiger partial charge on any atom is -0.447 e. The minimum atomic E-state index is -0.615. The maximum atomic E-state index is 11.7. The van der Waals surface area contributed by atoms with Crippen LogP contribution in [0.1, 0.15) is 5.56 Å². The summed E-state index contributed by atoms with van der Waals surface area (Å²) in [6.07, 6.45) is 1.11. The molecule has 2 amide bonds. The largest absolute Gasteiger partial charge is 0.447 e. The summed E-state index contributed by atoms with van der Waals surface area (Å²) in [7, 11) is 0. The molecule has 1 atom stereocenters. The third-order valence-electron chi connectivity index (χ3n) is 2.72. The lowest BCUT2D eigenvalue weighted by atomic mass is 10.1. The molecule has 0 aromatic heterocycles. The van der Waals surface area contributed by atoms with Crippen LogP contribution < -0.4 is 0 Å². The summed E-state index contributed by atoms with van der Waals surface area (Å²) < 4.78 is 4.91. The first-order valence-corrected chi connectivity index (χ1v) is 5.96. The fourth-order valence-corrected chi connectivity index (χ4v) is 2.01. The van der Waals surface area contributed by atoms with Gasteiger partial charge in [-0.25, -0.2) is 9.69 Å². The first-order valence-electron chi connectivity index (χ1n) is 5.53. The molecule has 0 radical (unpaired) electrons. The molecule has 1 saturated heterocycles. The summed E-state index contributed by atoms with van der Waals surface area (Å²) >= 11 is 5.35. The molecule has 1 aliphatic heterocycles. The second-order valence-electron chi connectivity index (χ2n) is 3.92. The molecule has 0 aliphatic carbocycles. The highest BCUT2D eigenvalue weighted by molar-refractivity contribution is 6.27. The molecular formula is C13H12ClNO3. The van der Waals surface area contributed by atoms with Gasteiger partial charge in [0.2, 0.25) is 0 Å². The van der Waals surface area contributed by atoms with Gasteiger partial charge >= 0.3 is 6.09 Å². The van der Waals surface area contributed by atoms with Crippen LogP contribution in [-0.2, 0) is 16.0 Å². The van der Waals surface area contributed by atoms with Gasteiger partial charge in [0.1, 0.15) is 6.61 Å². The SMILES string of the molecule is O=C(/C=C/Cl)N1C(=O)OC[C@@H]1Cc1ccccc1. The van der Waals surface area contributed by atoms with Crippen molar-refractivity contribution in [3.63, 3.8) is 0 Å². The molecule has 2 rings (SSSR count). The average molecular weight is 266 g/mol. The Morgan fingerprint density at radius 3 is 2.83 bits per heavy atom. The number of hydrogen-bond acceptors (Lipinski definition) is 3. The van der Waals surface area contributed by atoms with Crippen LogP contribution in [0.15, 0.2) is 41.9 Å². The molecule has 1 heterocycles. The summed E-state index contributed by atoms with van der Waals surface area (Å²) in [5, 5.41) is 0. The molecule has 0 unspecified atom stereocenters. The van der Waals surface area contributed by atoms with E-state index in [0.717, 1.165) is 22.1 Å². The van der Waals surface area contributed by atoms with Crippen LogP contribution in [0.3, 0.4) is 0 Å². The summed E-state index contributed by atoms with van der Waals surface area (Å²) in [5.74, 6) is -0.451. The second-order valence-corrected chi connectivity index (χ2v) is 4.17. The molecule has 0 spiro atoms. The molecule has 1 aliphatic rings. The molecule has 5 heteroatoms.